The van der Waals surface area contributed by atoms with E-state index in [2.05, 4.69) is 11.0 Å². The average Bonchev–Trinajstić information content (AvgIpc) is 3.47. The van der Waals surface area contributed by atoms with Crippen LogP contribution in [0.3, 0.4) is 0 Å². The standard InChI is InChI=1S/C30H37F2N3O2/c1-3-30(32,4-2)21-34-15-11-22(12-16-34)20-37-28-10-8-23(17-25(28)19-33)24-7-9-26(27(31)18-24)29(36)35-13-5-6-14-35/h7-10,17-18,22H,3-6,11-16,20-21H2,1-2H3. The van der Waals surface area contributed by atoms with Gasteiger partial charge in [-0.2, -0.15) is 5.26 Å². The quantitative estimate of drug-likeness (QED) is 0.403. The molecule has 0 saturated carbocycles. The molecule has 2 fully saturated rings. The molecule has 7 heteroatoms. The van der Waals surface area contributed by atoms with Crippen molar-refractivity contribution in [1.29, 1.82) is 5.26 Å². The van der Waals surface area contributed by atoms with Gasteiger partial charge in [0.25, 0.3) is 5.91 Å². The Balaban J connectivity index is 1.36. The van der Waals surface area contributed by atoms with E-state index in [1.165, 1.54) is 12.1 Å². The van der Waals surface area contributed by atoms with Gasteiger partial charge in [0.05, 0.1) is 17.7 Å². The van der Waals surface area contributed by atoms with E-state index in [4.69, 9.17) is 4.74 Å². The molecule has 2 aliphatic heterocycles. The second kappa shape index (κ2) is 12.0. The van der Waals surface area contributed by atoms with Crippen LogP contribution in [0.1, 0.15) is 68.3 Å². The number of halogens is 2. The second-order valence-electron chi connectivity index (χ2n) is 10.4. The monoisotopic (exact) mass is 509 g/mol. The minimum absolute atomic E-state index is 0.0822. The number of likely N-dealkylation sites (tertiary alicyclic amines) is 2. The van der Waals surface area contributed by atoms with Gasteiger partial charge >= 0.3 is 0 Å². The summed E-state index contributed by atoms with van der Waals surface area (Å²) in [6.45, 7) is 7.85. The van der Waals surface area contributed by atoms with Crippen molar-refractivity contribution in [3.8, 4) is 22.9 Å². The smallest absolute Gasteiger partial charge is 0.256 e. The molecule has 5 nitrogen and oxygen atoms in total. The van der Waals surface area contributed by atoms with E-state index in [0.29, 0.717) is 67.4 Å². The van der Waals surface area contributed by atoms with Crippen molar-refractivity contribution < 1.29 is 18.3 Å². The lowest BCUT2D eigenvalue weighted by Crippen LogP contribution is -2.44. The molecule has 0 unspecified atom stereocenters. The zero-order chi connectivity index (χ0) is 26.4. The van der Waals surface area contributed by atoms with Crippen molar-refractivity contribution in [2.45, 2.75) is 58.0 Å². The summed E-state index contributed by atoms with van der Waals surface area (Å²) in [7, 11) is 0. The van der Waals surface area contributed by atoms with Gasteiger partial charge in [0, 0.05) is 19.6 Å². The molecular weight excluding hydrogens is 472 g/mol. The Morgan fingerprint density at radius 3 is 2.32 bits per heavy atom. The zero-order valence-electron chi connectivity index (χ0n) is 21.9. The summed E-state index contributed by atoms with van der Waals surface area (Å²) < 4.78 is 35.6. The molecule has 0 spiro atoms. The van der Waals surface area contributed by atoms with Crippen molar-refractivity contribution in [3.63, 3.8) is 0 Å². The number of carbonyl (C=O) groups is 1. The third kappa shape index (κ3) is 6.48. The van der Waals surface area contributed by atoms with Gasteiger partial charge in [0.15, 0.2) is 0 Å². The lowest BCUT2D eigenvalue weighted by atomic mass is 9.94. The summed E-state index contributed by atoms with van der Waals surface area (Å²) >= 11 is 0. The molecule has 0 aromatic heterocycles. The molecule has 37 heavy (non-hydrogen) atoms. The maximum atomic E-state index is 14.8. The van der Waals surface area contributed by atoms with Crippen LogP contribution in [0.4, 0.5) is 8.78 Å². The third-order valence-corrected chi connectivity index (χ3v) is 7.98. The van der Waals surface area contributed by atoms with Gasteiger partial charge in [-0.25, -0.2) is 8.78 Å². The van der Waals surface area contributed by atoms with Crippen LogP contribution in [0.5, 0.6) is 5.75 Å². The number of nitriles is 1. The Labute approximate surface area is 219 Å². The Bertz CT molecular complexity index is 1130. The molecule has 2 saturated heterocycles. The fourth-order valence-corrected chi connectivity index (χ4v) is 5.27. The molecule has 0 radical (unpaired) electrons. The summed E-state index contributed by atoms with van der Waals surface area (Å²) in [5.74, 6) is 0.0419. The zero-order valence-corrected chi connectivity index (χ0v) is 21.9. The highest BCUT2D eigenvalue weighted by Gasteiger charge is 2.30. The van der Waals surface area contributed by atoms with Crippen LogP contribution < -0.4 is 4.74 Å². The molecule has 198 valence electrons. The van der Waals surface area contributed by atoms with Gasteiger partial charge in [-0.15, -0.1) is 0 Å². The third-order valence-electron chi connectivity index (χ3n) is 7.98. The summed E-state index contributed by atoms with van der Waals surface area (Å²) in [5, 5.41) is 9.71. The first kappa shape index (κ1) is 27.1. The number of alkyl halides is 1. The Morgan fingerprint density at radius 2 is 1.70 bits per heavy atom. The number of ether oxygens (including phenoxy) is 1. The Hall–Kier alpha value is -2.98. The first-order chi connectivity index (χ1) is 17.9. The van der Waals surface area contributed by atoms with Gasteiger partial charge < -0.3 is 14.5 Å². The minimum Gasteiger partial charge on any atom is -0.492 e. The lowest BCUT2D eigenvalue weighted by molar-refractivity contribution is 0.0568. The Kier molecular flexibility index (Phi) is 8.81. The number of amides is 1. The summed E-state index contributed by atoms with van der Waals surface area (Å²) in [4.78, 5) is 16.5. The summed E-state index contributed by atoms with van der Waals surface area (Å²) in [6, 6.07) is 12.1. The van der Waals surface area contributed by atoms with Crippen LogP contribution in [-0.4, -0.2) is 60.7 Å². The fourth-order valence-electron chi connectivity index (χ4n) is 5.27. The average molecular weight is 510 g/mol. The lowest BCUT2D eigenvalue weighted by Gasteiger charge is -2.36. The normalized spacial score (nSPS) is 17.1. The van der Waals surface area contributed by atoms with E-state index >= 15 is 0 Å². The van der Waals surface area contributed by atoms with E-state index in [0.717, 1.165) is 38.8 Å². The molecule has 0 bridgehead atoms. The number of carbonyl (C=O) groups excluding carboxylic acids is 1. The fraction of sp³-hybridized carbons (Fsp3) is 0.533. The molecule has 0 N–H and O–H groups in total. The van der Waals surface area contributed by atoms with Crippen LogP contribution in [0.15, 0.2) is 36.4 Å². The largest absolute Gasteiger partial charge is 0.492 e. The molecule has 2 aliphatic rings. The number of hydrogen-bond acceptors (Lipinski definition) is 4. The number of nitrogens with zero attached hydrogens (tertiary/aromatic N) is 3. The van der Waals surface area contributed by atoms with E-state index in [1.807, 2.05) is 19.9 Å². The number of rotatable bonds is 9. The molecule has 2 heterocycles. The predicted molar refractivity (Wildman–Crippen MR) is 141 cm³/mol. The van der Waals surface area contributed by atoms with Crippen LogP contribution in [0.25, 0.3) is 11.1 Å². The molecular formula is C30H37F2N3O2. The number of benzene rings is 2. The molecule has 4 rings (SSSR count). The minimum atomic E-state index is -1.11. The summed E-state index contributed by atoms with van der Waals surface area (Å²) in [6.07, 6.45) is 4.85. The second-order valence-corrected chi connectivity index (χ2v) is 10.4. The first-order valence-corrected chi connectivity index (χ1v) is 13.5. The predicted octanol–water partition coefficient (Wildman–Crippen LogP) is 6.22. The first-order valence-electron chi connectivity index (χ1n) is 13.5. The van der Waals surface area contributed by atoms with Gasteiger partial charge in [-0.3, -0.25) is 4.79 Å². The van der Waals surface area contributed by atoms with Gasteiger partial charge in [-0.1, -0.05) is 26.0 Å². The SMILES string of the molecule is CCC(F)(CC)CN1CCC(COc2ccc(-c3ccc(C(=O)N4CCCC4)c(F)c3)cc2C#N)CC1. The van der Waals surface area contributed by atoms with Gasteiger partial charge in [0.2, 0.25) is 0 Å². The highest BCUT2D eigenvalue weighted by Crippen LogP contribution is 2.30. The van der Waals surface area contributed by atoms with Crippen molar-refractivity contribution in [2.24, 2.45) is 5.92 Å². The van der Waals surface area contributed by atoms with E-state index in [1.54, 1.807) is 23.1 Å². The molecule has 2 aromatic carbocycles. The highest BCUT2D eigenvalue weighted by molar-refractivity contribution is 5.95. The van der Waals surface area contributed by atoms with Crippen LogP contribution >= 0.6 is 0 Å². The van der Waals surface area contributed by atoms with Crippen LogP contribution in [0, 0.1) is 23.1 Å². The highest BCUT2D eigenvalue weighted by atomic mass is 19.1. The molecule has 0 aliphatic carbocycles. The van der Waals surface area contributed by atoms with Crippen molar-refractivity contribution >= 4 is 5.91 Å². The topological polar surface area (TPSA) is 56.6 Å². The number of hydrogen-bond donors (Lipinski definition) is 0. The van der Waals surface area contributed by atoms with Gasteiger partial charge in [-0.05, 0) is 92.9 Å². The maximum Gasteiger partial charge on any atom is 0.256 e. The van der Waals surface area contributed by atoms with E-state index in [-0.39, 0.29) is 11.5 Å². The van der Waals surface area contributed by atoms with Crippen LogP contribution in [-0.2, 0) is 0 Å². The molecule has 0 atom stereocenters. The Morgan fingerprint density at radius 1 is 1.05 bits per heavy atom. The van der Waals surface area contributed by atoms with Gasteiger partial charge in [0.1, 0.15) is 23.3 Å². The number of piperidine rings is 1. The molecule has 1 amide bonds. The molecule has 2 aromatic rings. The maximum absolute atomic E-state index is 14.8. The van der Waals surface area contributed by atoms with E-state index in [9.17, 15) is 18.8 Å². The van der Waals surface area contributed by atoms with Crippen LogP contribution in [0.2, 0.25) is 0 Å². The van der Waals surface area contributed by atoms with Crippen molar-refractivity contribution in [2.75, 3.05) is 39.3 Å². The summed E-state index contributed by atoms with van der Waals surface area (Å²) in [5.41, 5.74) is 0.658. The van der Waals surface area contributed by atoms with E-state index < -0.39 is 11.5 Å². The van der Waals surface area contributed by atoms with Crippen molar-refractivity contribution in [3.05, 3.63) is 53.3 Å². The van der Waals surface area contributed by atoms with Crippen molar-refractivity contribution in [1.82, 2.24) is 9.80 Å².